The summed E-state index contributed by atoms with van der Waals surface area (Å²) in [5.74, 6) is 1.31. The maximum Gasteiger partial charge on any atom is 0.227 e. The highest BCUT2D eigenvalue weighted by Gasteiger charge is 2.53. The Kier molecular flexibility index (Phi) is 5.19. The Balaban J connectivity index is 1.49. The number of nitrogens with zero attached hydrogens (tertiary/aromatic N) is 3. The summed E-state index contributed by atoms with van der Waals surface area (Å²) in [6.07, 6.45) is 2.29. The van der Waals surface area contributed by atoms with Gasteiger partial charge in [-0.25, -0.2) is 0 Å². The normalized spacial score (nSPS) is 23.5. The van der Waals surface area contributed by atoms with Crippen molar-refractivity contribution in [1.29, 1.82) is 0 Å². The number of likely N-dealkylation sites (tertiary alicyclic amines) is 2. The topological polar surface area (TPSA) is 66.7 Å². The molecule has 6 heteroatoms. The zero-order valence-electron chi connectivity index (χ0n) is 17.5. The number of amides is 2. The highest BCUT2D eigenvalue weighted by atomic mass is 16.5. The molecule has 0 radical (unpaired) electrons. The van der Waals surface area contributed by atoms with Crippen molar-refractivity contribution in [2.45, 2.75) is 40.0 Å². The molecule has 2 saturated heterocycles. The van der Waals surface area contributed by atoms with Crippen LogP contribution in [0, 0.1) is 25.2 Å². The van der Waals surface area contributed by atoms with E-state index in [1.54, 1.807) is 6.92 Å². The molecule has 2 atom stereocenters. The number of carbonyl (C=O) groups is 2. The van der Waals surface area contributed by atoms with Crippen molar-refractivity contribution >= 4 is 11.8 Å². The van der Waals surface area contributed by atoms with Crippen molar-refractivity contribution in [1.82, 2.24) is 15.0 Å². The first-order chi connectivity index (χ1) is 13.9. The van der Waals surface area contributed by atoms with Crippen LogP contribution in [-0.4, -0.2) is 52.9 Å². The smallest absolute Gasteiger partial charge is 0.227 e. The molecule has 2 aliphatic rings. The van der Waals surface area contributed by atoms with E-state index < -0.39 is 0 Å². The van der Waals surface area contributed by atoms with Crippen LogP contribution < -0.4 is 0 Å². The van der Waals surface area contributed by atoms with Gasteiger partial charge in [0.05, 0.1) is 12.1 Å². The number of carbonyl (C=O) groups excluding carboxylic acids is 2. The lowest BCUT2D eigenvalue weighted by Crippen LogP contribution is -2.39. The van der Waals surface area contributed by atoms with Crippen molar-refractivity contribution in [2.24, 2.45) is 11.3 Å². The van der Waals surface area contributed by atoms with Gasteiger partial charge in [0.15, 0.2) is 0 Å². The maximum absolute atomic E-state index is 13.1. The fourth-order valence-corrected chi connectivity index (χ4v) is 5.02. The Labute approximate surface area is 171 Å². The Bertz CT molecular complexity index is 888. The van der Waals surface area contributed by atoms with Gasteiger partial charge in [-0.15, -0.1) is 0 Å². The van der Waals surface area contributed by atoms with Gasteiger partial charge in [-0.1, -0.05) is 35.5 Å². The van der Waals surface area contributed by atoms with Crippen LogP contribution in [0.4, 0.5) is 0 Å². The van der Waals surface area contributed by atoms with Crippen LogP contribution >= 0.6 is 0 Å². The van der Waals surface area contributed by atoms with E-state index in [0.29, 0.717) is 12.3 Å². The number of aromatic nitrogens is 1. The Morgan fingerprint density at radius 3 is 2.48 bits per heavy atom. The monoisotopic (exact) mass is 395 g/mol. The third-order valence-electron chi connectivity index (χ3n) is 6.82. The third-order valence-corrected chi connectivity index (χ3v) is 6.82. The molecule has 4 rings (SSSR count). The molecular formula is C23H29N3O3. The number of aryl methyl sites for hydroxylation is 3. The van der Waals surface area contributed by atoms with E-state index in [1.165, 1.54) is 5.56 Å². The largest absolute Gasteiger partial charge is 0.361 e. The SMILES string of the molecule is CC(=O)N1CC2CN(C(=O)Cc3c(C)noc3C)CC2(CCc2ccccc2)C1. The average Bonchev–Trinajstić information content (AvgIpc) is 3.33. The minimum absolute atomic E-state index is 0.0179. The molecule has 154 valence electrons. The second-order valence-electron chi connectivity index (χ2n) is 8.70. The van der Waals surface area contributed by atoms with Gasteiger partial charge in [0, 0.05) is 50.0 Å². The van der Waals surface area contributed by atoms with Crippen LogP contribution in [0.1, 0.15) is 35.9 Å². The molecule has 2 aliphatic heterocycles. The van der Waals surface area contributed by atoms with Crippen LogP contribution in [0.15, 0.2) is 34.9 Å². The van der Waals surface area contributed by atoms with Gasteiger partial charge in [-0.05, 0) is 32.3 Å². The van der Waals surface area contributed by atoms with E-state index in [4.69, 9.17) is 4.52 Å². The van der Waals surface area contributed by atoms with E-state index in [2.05, 4.69) is 29.4 Å². The Hall–Kier alpha value is -2.63. The summed E-state index contributed by atoms with van der Waals surface area (Å²) in [5, 5.41) is 3.97. The van der Waals surface area contributed by atoms with E-state index in [0.717, 1.165) is 56.0 Å². The number of hydrogen-bond donors (Lipinski definition) is 0. The Morgan fingerprint density at radius 1 is 1.14 bits per heavy atom. The maximum atomic E-state index is 13.1. The minimum Gasteiger partial charge on any atom is -0.361 e. The van der Waals surface area contributed by atoms with Gasteiger partial charge < -0.3 is 14.3 Å². The van der Waals surface area contributed by atoms with Gasteiger partial charge in [0.2, 0.25) is 11.8 Å². The minimum atomic E-state index is -0.0179. The molecule has 2 amide bonds. The van der Waals surface area contributed by atoms with Gasteiger partial charge in [0.25, 0.3) is 0 Å². The molecule has 0 saturated carbocycles. The molecule has 0 N–H and O–H groups in total. The molecule has 1 aromatic carbocycles. The molecule has 2 fully saturated rings. The molecule has 0 spiro atoms. The molecule has 29 heavy (non-hydrogen) atoms. The summed E-state index contributed by atoms with van der Waals surface area (Å²) in [6, 6.07) is 10.5. The number of benzene rings is 1. The standard InChI is InChI=1S/C23H29N3O3/c1-16-21(17(2)29-24-16)11-22(28)26-13-20-12-25(18(3)27)14-23(20,15-26)10-9-19-7-5-4-6-8-19/h4-8,20H,9-15H2,1-3H3. The molecule has 1 aromatic heterocycles. The summed E-state index contributed by atoms with van der Waals surface area (Å²) in [6.45, 7) is 8.31. The predicted molar refractivity (Wildman–Crippen MR) is 109 cm³/mol. The van der Waals surface area contributed by atoms with Crippen LogP contribution in [0.2, 0.25) is 0 Å². The van der Waals surface area contributed by atoms with E-state index in [9.17, 15) is 9.59 Å². The van der Waals surface area contributed by atoms with Crippen molar-refractivity contribution in [3.8, 4) is 0 Å². The molecular weight excluding hydrogens is 366 g/mol. The molecule has 6 nitrogen and oxygen atoms in total. The summed E-state index contributed by atoms with van der Waals surface area (Å²) < 4.78 is 5.22. The summed E-state index contributed by atoms with van der Waals surface area (Å²) in [5.41, 5.74) is 2.98. The number of hydrogen-bond acceptors (Lipinski definition) is 4. The number of fused-ring (bicyclic) bond motifs is 1. The zero-order chi connectivity index (χ0) is 20.6. The summed E-state index contributed by atoms with van der Waals surface area (Å²) >= 11 is 0. The highest BCUT2D eigenvalue weighted by molar-refractivity contribution is 5.80. The Morgan fingerprint density at radius 2 is 1.83 bits per heavy atom. The highest BCUT2D eigenvalue weighted by Crippen LogP contribution is 2.46. The van der Waals surface area contributed by atoms with Gasteiger partial charge in [0.1, 0.15) is 5.76 Å². The van der Waals surface area contributed by atoms with Crippen LogP contribution in [0.3, 0.4) is 0 Å². The molecule has 3 heterocycles. The predicted octanol–water partition coefficient (Wildman–Crippen LogP) is 2.77. The third kappa shape index (κ3) is 3.80. The molecule has 2 aromatic rings. The first-order valence-electron chi connectivity index (χ1n) is 10.4. The summed E-state index contributed by atoms with van der Waals surface area (Å²) in [7, 11) is 0. The summed E-state index contributed by atoms with van der Waals surface area (Å²) in [4.78, 5) is 29.0. The van der Waals surface area contributed by atoms with Crippen LogP contribution in [-0.2, 0) is 22.4 Å². The first-order valence-corrected chi connectivity index (χ1v) is 10.4. The zero-order valence-corrected chi connectivity index (χ0v) is 17.5. The van der Waals surface area contributed by atoms with Gasteiger partial charge in [-0.2, -0.15) is 0 Å². The van der Waals surface area contributed by atoms with E-state index in [1.807, 2.05) is 29.7 Å². The quantitative estimate of drug-likeness (QED) is 0.781. The lowest BCUT2D eigenvalue weighted by molar-refractivity contribution is -0.130. The fraction of sp³-hybridized carbons (Fsp3) is 0.522. The van der Waals surface area contributed by atoms with Crippen molar-refractivity contribution in [2.75, 3.05) is 26.2 Å². The second kappa shape index (κ2) is 7.65. The lowest BCUT2D eigenvalue weighted by Gasteiger charge is -2.29. The molecule has 0 aliphatic carbocycles. The molecule has 2 unspecified atom stereocenters. The lowest BCUT2D eigenvalue weighted by atomic mass is 9.76. The van der Waals surface area contributed by atoms with Gasteiger partial charge >= 0.3 is 0 Å². The van der Waals surface area contributed by atoms with Crippen molar-refractivity contribution in [3.63, 3.8) is 0 Å². The average molecular weight is 396 g/mol. The number of rotatable bonds is 5. The fourth-order valence-electron chi connectivity index (χ4n) is 5.02. The van der Waals surface area contributed by atoms with Crippen LogP contribution in [0.25, 0.3) is 0 Å². The van der Waals surface area contributed by atoms with E-state index >= 15 is 0 Å². The second-order valence-corrected chi connectivity index (χ2v) is 8.70. The van der Waals surface area contributed by atoms with E-state index in [-0.39, 0.29) is 17.2 Å². The van der Waals surface area contributed by atoms with Crippen LogP contribution in [0.5, 0.6) is 0 Å². The molecule has 0 bridgehead atoms. The first kappa shape index (κ1) is 19.7. The van der Waals surface area contributed by atoms with Gasteiger partial charge in [-0.3, -0.25) is 9.59 Å². The van der Waals surface area contributed by atoms with Crippen molar-refractivity contribution in [3.05, 3.63) is 52.9 Å². The van der Waals surface area contributed by atoms with Crippen molar-refractivity contribution < 1.29 is 14.1 Å².